The molecule has 0 spiro atoms. The number of hydrogen-bond acceptors (Lipinski definition) is 2. The molecule has 0 radical (unpaired) electrons. The van der Waals surface area contributed by atoms with Crippen molar-refractivity contribution >= 4 is 0 Å². The number of aryl methyl sites for hydroxylation is 2. The summed E-state index contributed by atoms with van der Waals surface area (Å²) in [5.74, 6) is 0.795. The van der Waals surface area contributed by atoms with E-state index in [-0.39, 0.29) is 6.04 Å². The molecule has 1 aliphatic carbocycles. The highest BCUT2D eigenvalue weighted by Crippen LogP contribution is 2.30. The molecule has 4 rings (SSSR count). The number of benzene rings is 2. The third-order valence-corrected chi connectivity index (χ3v) is 6.16. The molecule has 2 aromatic carbocycles. The van der Waals surface area contributed by atoms with E-state index < -0.39 is 0 Å². The van der Waals surface area contributed by atoms with Crippen LogP contribution < -0.4 is 5.32 Å². The first-order valence-electron chi connectivity index (χ1n) is 10.6. The molecule has 1 saturated carbocycles. The van der Waals surface area contributed by atoms with Crippen molar-refractivity contribution in [3.63, 3.8) is 0 Å². The zero-order valence-electron chi connectivity index (χ0n) is 17.1. The predicted molar refractivity (Wildman–Crippen MR) is 116 cm³/mol. The molecular weight excluding hydrogens is 342 g/mol. The minimum atomic E-state index is 0.165. The van der Waals surface area contributed by atoms with Crippen molar-refractivity contribution in [1.82, 2.24) is 14.9 Å². The van der Waals surface area contributed by atoms with Gasteiger partial charge in [-0.25, -0.2) is 4.98 Å². The number of aromatic nitrogens is 2. The molecule has 1 aromatic heterocycles. The van der Waals surface area contributed by atoms with Crippen molar-refractivity contribution in [2.45, 2.75) is 45.1 Å². The fraction of sp³-hybridized carbons (Fsp3) is 0.400. The molecule has 1 aliphatic rings. The topological polar surface area (TPSA) is 29.9 Å². The minimum absolute atomic E-state index is 0.165. The van der Waals surface area contributed by atoms with Gasteiger partial charge in [0.05, 0.1) is 24.3 Å². The van der Waals surface area contributed by atoms with Crippen LogP contribution in [0.1, 0.15) is 55.0 Å². The summed E-state index contributed by atoms with van der Waals surface area (Å²) < 4.78 is 2.14. The lowest BCUT2D eigenvalue weighted by Gasteiger charge is -2.26. The zero-order chi connectivity index (χ0) is 19.3. The average molecular weight is 374 g/mol. The maximum atomic E-state index is 4.38. The largest absolute Gasteiger partial charge is 0.336 e. The predicted octanol–water partition coefficient (Wildman–Crippen LogP) is 5.65. The fourth-order valence-electron chi connectivity index (χ4n) is 4.50. The molecule has 1 fully saturated rings. The summed E-state index contributed by atoms with van der Waals surface area (Å²) in [4.78, 5) is 4.38. The summed E-state index contributed by atoms with van der Waals surface area (Å²) in [6, 6.07) is 17.8. The first kappa shape index (κ1) is 18.9. The monoisotopic (exact) mass is 373 g/mol. The van der Waals surface area contributed by atoms with E-state index >= 15 is 0 Å². The Balaban J connectivity index is 1.63. The summed E-state index contributed by atoms with van der Waals surface area (Å²) in [6.45, 7) is 3.26. The van der Waals surface area contributed by atoms with Crippen LogP contribution in [0.4, 0.5) is 0 Å². The third-order valence-electron chi connectivity index (χ3n) is 6.16. The van der Waals surface area contributed by atoms with Crippen LogP contribution >= 0.6 is 0 Å². The molecule has 0 saturated heterocycles. The number of rotatable bonds is 6. The highest BCUT2D eigenvalue weighted by atomic mass is 15.1. The molecule has 0 aliphatic heterocycles. The molecule has 3 heteroatoms. The van der Waals surface area contributed by atoms with Crippen LogP contribution in [0.2, 0.25) is 0 Å². The van der Waals surface area contributed by atoms with E-state index in [1.54, 1.807) is 0 Å². The van der Waals surface area contributed by atoms with Gasteiger partial charge in [0.1, 0.15) is 0 Å². The first-order valence-corrected chi connectivity index (χ1v) is 10.6. The SMILES string of the molecule is Cc1ccccc1-c1cccc(C(NCC2CCCCC2)c2cncn2C)c1. The molecular formula is C25H31N3. The lowest BCUT2D eigenvalue weighted by molar-refractivity contribution is 0.333. The van der Waals surface area contributed by atoms with E-state index in [9.17, 15) is 0 Å². The van der Waals surface area contributed by atoms with Gasteiger partial charge < -0.3 is 9.88 Å². The summed E-state index contributed by atoms with van der Waals surface area (Å²) in [6.07, 6.45) is 10.8. The fourth-order valence-corrected chi connectivity index (χ4v) is 4.50. The summed E-state index contributed by atoms with van der Waals surface area (Å²) in [5.41, 5.74) is 6.42. The smallest absolute Gasteiger partial charge is 0.0946 e. The Morgan fingerprint density at radius 2 is 1.89 bits per heavy atom. The molecule has 3 aromatic rings. The molecule has 28 heavy (non-hydrogen) atoms. The van der Waals surface area contributed by atoms with Crippen molar-refractivity contribution in [2.24, 2.45) is 13.0 Å². The van der Waals surface area contributed by atoms with Crippen LogP contribution in [-0.4, -0.2) is 16.1 Å². The maximum Gasteiger partial charge on any atom is 0.0946 e. The van der Waals surface area contributed by atoms with Gasteiger partial charge in [0.2, 0.25) is 0 Å². The van der Waals surface area contributed by atoms with E-state index in [4.69, 9.17) is 0 Å². The number of nitrogens with zero attached hydrogens (tertiary/aromatic N) is 2. The second-order valence-electron chi connectivity index (χ2n) is 8.22. The molecule has 0 amide bonds. The van der Waals surface area contributed by atoms with Gasteiger partial charge in [0, 0.05) is 7.05 Å². The van der Waals surface area contributed by atoms with Crippen molar-refractivity contribution in [2.75, 3.05) is 6.54 Å². The standard InChI is InChI=1S/C25H31N3/c1-19-9-6-7-14-23(19)21-12-8-13-22(15-21)25(24-17-26-18-28(24)2)27-16-20-10-4-3-5-11-20/h6-9,12-15,17-18,20,25,27H,3-5,10-11,16H2,1-2H3. The van der Waals surface area contributed by atoms with E-state index in [1.807, 2.05) is 12.5 Å². The van der Waals surface area contributed by atoms with Gasteiger partial charge in [-0.3, -0.25) is 0 Å². The molecule has 1 unspecified atom stereocenters. The zero-order valence-corrected chi connectivity index (χ0v) is 17.1. The van der Waals surface area contributed by atoms with Gasteiger partial charge in [-0.2, -0.15) is 0 Å². The van der Waals surface area contributed by atoms with Crippen molar-refractivity contribution in [3.8, 4) is 11.1 Å². The normalized spacial score (nSPS) is 16.2. The summed E-state index contributed by atoms with van der Waals surface area (Å²) in [7, 11) is 2.09. The Labute approximate surface area is 168 Å². The summed E-state index contributed by atoms with van der Waals surface area (Å²) in [5, 5.41) is 3.88. The summed E-state index contributed by atoms with van der Waals surface area (Å²) >= 11 is 0. The van der Waals surface area contributed by atoms with Crippen LogP contribution in [-0.2, 0) is 7.05 Å². The molecule has 1 N–H and O–H groups in total. The average Bonchev–Trinajstić information content (AvgIpc) is 3.15. The Kier molecular flexibility index (Phi) is 5.92. The van der Waals surface area contributed by atoms with Gasteiger partial charge >= 0.3 is 0 Å². The van der Waals surface area contributed by atoms with Crippen LogP contribution in [0.15, 0.2) is 61.1 Å². The van der Waals surface area contributed by atoms with Crippen molar-refractivity contribution < 1.29 is 0 Å². The molecule has 146 valence electrons. The molecule has 1 heterocycles. The Morgan fingerprint density at radius 3 is 2.64 bits per heavy atom. The lowest BCUT2D eigenvalue weighted by Crippen LogP contribution is -2.30. The number of nitrogens with one attached hydrogen (secondary N) is 1. The van der Waals surface area contributed by atoms with Gasteiger partial charge in [-0.05, 0) is 60.5 Å². The Bertz CT molecular complexity index is 905. The van der Waals surface area contributed by atoms with E-state index in [2.05, 4.69) is 77.4 Å². The molecule has 3 nitrogen and oxygen atoms in total. The van der Waals surface area contributed by atoms with Crippen LogP contribution in [0.3, 0.4) is 0 Å². The Morgan fingerprint density at radius 1 is 1.07 bits per heavy atom. The van der Waals surface area contributed by atoms with Crippen LogP contribution in [0.5, 0.6) is 0 Å². The van der Waals surface area contributed by atoms with Gasteiger partial charge in [0.25, 0.3) is 0 Å². The van der Waals surface area contributed by atoms with E-state index in [0.717, 1.165) is 12.5 Å². The lowest BCUT2D eigenvalue weighted by atomic mass is 9.88. The molecule has 0 bridgehead atoms. The maximum absolute atomic E-state index is 4.38. The second kappa shape index (κ2) is 8.74. The third kappa shape index (κ3) is 4.20. The van der Waals surface area contributed by atoms with Gasteiger partial charge in [0.15, 0.2) is 0 Å². The highest BCUT2D eigenvalue weighted by Gasteiger charge is 2.20. The molecule has 1 atom stereocenters. The van der Waals surface area contributed by atoms with Crippen molar-refractivity contribution in [1.29, 1.82) is 0 Å². The van der Waals surface area contributed by atoms with Crippen molar-refractivity contribution in [3.05, 3.63) is 77.9 Å². The van der Waals surface area contributed by atoms with E-state index in [0.29, 0.717) is 0 Å². The van der Waals surface area contributed by atoms with Gasteiger partial charge in [-0.1, -0.05) is 61.7 Å². The number of hydrogen-bond donors (Lipinski definition) is 1. The minimum Gasteiger partial charge on any atom is -0.336 e. The van der Waals surface area contributed by atoms with E-state index in [1.165, 1.54) is 60.1 Å². The van der Waals surface area contributed by atoms with Gasteiger partial charge in [-0.15, -0.1) is 0 Å². The Hall–Kier alpha value is -2.39. The quantitative estimate of drug-likeness (QED) is 0.605. The first-order chi connectivity index (χ1) is 13.7. The van der Waals surface area contributed by atoms with Crippen LogP contribution in [0, 0.1) is 12.8 Å². The number of imidazole rings is 1. The van der Waals surface area contributed by atoms with Crippen LogP contribution in [0.25, 0.3) is 11.1 Å². The highest BCUT2D eigenvalue weighted by molar-refractivity contribution is 5.68. The second-order valence-corrected chi connectivity index (χ2v) is 8.22.